The Labute approximate surface area is 164 Å². The zero-order valence-corrected chi connectivity index (χ0v) is 15.4. The van der Waals surface area contributed by atoms with Crippen LogP contribution in [0.3, 0.4) is 0 Å². The van der Waals surface area contributed by atoms with Gasteiger partial charge < -0.3 is 0 Å². The molecule has 4 amide bonds. The minimum absolute atomic E-state index is 0.292. The van der Waals surface area contributed by atoms with Crippen LogP contribution in [0.2, 0.25) is 0 Å². The van der Waals surface area contributed by atoms with Crippen LogP contribution in [0.15, 0.2) is 47.5 Å². The third kappa shape index (κ3) is 4.18. The first kappa shape index (κ1) is 20.2. The Morgan fingerprint density at radius 1 is 1.03 bits per heavy atom. The number of barbiturate groups is 1. The lowest BCUT2D eigenvalue weighted by Gasteiger charge is -2.28. The Morgan fingerprint density at radius 2 is 1.76 bits per heavy atom. The van der Waals surface area contributed by atoms with Crippen LogP contribution in [-0.2, 0) is 15.8 Å². The number of urea groups is 1. The largest absolute Gasteiger partial charge is 0.416 e. The van der Waals surface area contributed by atoms with Gasteiger partial charge in [-0.15, -0.1) is 0 Å². The van der Waals surface area contributed by atoms with Crippen LogP contribution < -0.4 is 10.2 Å². The molecular formula is C20H16F3N3O3. The van der Waals surface area contributed by atoms with Gasteiger partial charge in [0.25, 0.3) is 5.91 Å². The van der Waals surface area contributed by atoms with Gasteiger partial charge in [-0.2, -0.15) is 13.2 Å². The molecule has 1 heterocycles. The monoisotopic (exact) mass is 403 g/mol. The van der Waals surface area contributed by atoms with Gasteiger partial charge in [0.15, 0.2) is 5.92 Å². The average Bonchev–Trinajstić information content (AvgIpc) is 2.63. The molecule has 0 bridgehead atoms. The standard InChI is InChI=1S/C20H16F3N3O3/c1-11-6-7-14(8-12(11)2)24-10-16-17(27)25-19(29)26(18(16)28)15-5-3-4-13(9-15)20(21,22)23/h3-10,16H,1-2H3,(H,25,27,29)/t16-/m1/s1. The average molecular weight is 403 g/mol. The predicted molar refractivity (Wildman–Crippen MR) is 100 cm³/mol. The summed E-state index contributed by atoms with van der Waals surface area (Å²) in [5, 5.41) is 1.98. The van der Waals surface area contributed by atoms with Crippen molar-refractivity contribution in [2.24, 2.45) is 10.9 Å². The maximum Gasteiger partial charge on any atom is 0.416 e. The van der Waals surface area contributed by atoms with Crippen LogP contribution in [0.1, 0.15) is 16.7 Å². The molecule has 3 rings (SSSR count). The molecule has 0 spiro atoms. The van der Waals surface area contributed by atoms with E-state index in [4.69, 9.17) is 0 Å². The van der Waals surface area contributed by atoms with Crippen molar-refractivity contribution >= 4 is 35.4 Å². The minimum atomic E-state index is -4.65. The van der Waals surface area contributed by atoms with Crippen LogP contribution in [-0.4, -0.2) is 24.1 Å². The van der Waals surface area contributed by atoms with E-state index in [1.54, 1.807) is 12.1 Å². The van der Waals surface area contributed by atoms with E-state index < -0.39 is 35.5 Å². The number of carbonyl (C=O) groups excluding carboxylic acids is 3. The van der Waals surface area contributed by atoms with Crippen LogP contribution >= 0.6 is 0 Å². The van der Waals surface area contributed by atoms with Crippen molar-refractivity contribution < 1.29 is 27.6 Å². The molecule has 0 unspecified atom stereocenters. The van der Waals surface area contributed by atoms with E-state index >= 15 is 0 Å². The number of imide groups is 2. The van der Waals surface area contributed by atoms with Gasteiger partial charge in [0.05, 0.1) is 16.9 Å². The van der Waals surface area contributed by atoms with Crippen molar-refractivity contribution in [1.82, 2.24) is 5.32 Å². The number of aliphatic imine (C=N–C) groups is 1. The summed E-state index contributed by atoms with van der Waals surface area (Å²) in [4.78, 5) is 41.6. The molecule has 29 heavy (non-hydrogen) atoms. The highest BCUT2D eigenvalue weighted by Crippen LogP contribution is 2.32. The second kappa shape index (κ2) is 7.50. The molecule has 9 heteroatoms. The number of anilines is 1. The lowest BCUT2D eigenvalue weighted by atomic mass is 10.0. The minimum Gasteiger partial charge on any atom is -0.276 e. The van der Waals surface area contributed by atoms with Crippen molar-refractivity contribution in [2.45, 2.75) is 20.0 Å². The Hall–Kier alpha value is -3.49. The topological polar surface area (TPSA) is 78.8 Å². The summed E-state index contributed by atoms with van der Waals surface area (Å²) in [5.74, 6) is -3.33. The van der Waals surface area contributed by atoms with Gasteiger partial charge in [-0.1, -0.05) is 12.1 Å². The van der Waals surface area contributed by atoms with Gasteiger partial charge in [0.2, 0.25) is 5.91 Å². The van der Waals surface area contributed by atoms with Gasteiger partial charge in [-0.25, -0.2) is 9.69 Å². The van der Waals surface area contributed by atoms with E-state index in [2.05, 4.69) is 4.99 Å². The molecule has 0 aliphatic carbocycles. The predicted octanol–water partition coefficient (Wildman–Crippen LogP) is 3.92. The molecule has 0 radical (unpaired) electrons. The third-order valence-electron chi connectivity index (χ3n) is 4.50. The van der Waals surface area contributed by atoms with E-state index in [1.165, 1.54) is 6.07 Å². The molecular weight excluding hydrogens is 387 g/mol. The molecule has 1 saturated heterocycles. The summed E-state index contributed by atoms with van der Waals surface area (Å²) in [7, 11) is 0. The molecule has 2 aromatic rings. The molecule has 0 saturated carbocycles. The first-order valence-electron chi connectivity index (χ1n) is 8.55. The van der Waals surface area contributed by atoms with Gasteiger partial charge in [-0.3, -0.25) is 19.9 Å². The maximum absolute atomic E-state index is 13.0. The molecule has 1 atom stereocenters. The first-order valence-corrected chi connectivity index (χ1v) is 8.55. The Morgan fingerprint density at radius 3 is 2.41 bits per heavy atom. The first-order chi connectivity index (χ1) is 13.6. The van der Waals surface area contributed by atoms with Crippen LogP contribution in [0.25, 0.3) is 0 Å². The zero-order valence-electron chi connectivity index (χ0n) is 15.4. The summed E-state index contributed by atoms with van der Waals surface area (Å²) in [5.41, 5.74) is 1.18. The Kier molecular flexibility index (Phi) is 5.23. The van der Waals surface area contributed by atoms with Gasteiger partial charge in [0, 0.05) is 6.21 Å². The lowest BCUT2D eigenvalue weighted by molar-refractivity contribution is -0.138. The fraction of sp³-hybridized carbons (Fsp3) is 0.200. The summed E-state index contributed by atoms with van der Waals surface area (Å²) in [6, 6.07) is 7.91. The third-order valence-corrected chi connectivity index (χ3v) is 4.50. The number of benzene rings is 2. The molecule has 1 aliphatic heterocycles. The molecule has 1 N–H and O–H groups in total. The second-order valence-corrected chi connectivity index (χ2v) is 6.54. The number of hydrogen-bond acceptors (Lipinski definition) is 4. The fourth-order valence-electron chi connectivity index (χ4n) is 2.75. The number of rotatable bonds is 3. The lowest BCUT2D eigenvalue weighted by Crippen LogP contribution is -2.58. The Bertz CT molecular complexity index is 1030. The summed E-state index contributed by atoms with van der Waals surface area (Å²) in [6.07, 6.45) is -3.57. The molecule has 6 nitrogen and oxygen atoms in total. The SMILES string of the molecule is Cc1ccc(N=C[C@@H]2C(=O)NC(=O)N(c3cccc(C(F)(F)F)c3)C2=O)cc1C. The number of carbonyl (C=O) groups is 3. The van der Waals surface area contributed by atoms with Crippen molar-refractivity contribution in [3.63, 3.8) is 0 Å². The number of halogens is 3. The highest BCUT2D eigenvalue weighted by Gasteiger charge is 2.41. The van der Waals surface area contributed by atoms with E-state index in [1.807, 2.05) is 25.2 Å². The quantitative estimate of drug-likeness (QED) is 0.623. The summed E-state index contributed by atoms with van der Waals surface area (Å²) in [6.45, 7) is 3.79. The smallest absolute Gasteiger partial charge is 0.276 e. The van der Waals surface area contributed by atoms with E-state index in [0.29, 0.717) is 16.7 Å². The van der Waals surface area contributed by atoms with Crippen molar-refractivity contribution in [1.29, 1.82) is 0 Å². The fourth-order valence-corrected chi connectivity index (χ4v) is 2.75. The van der Waals surface area contributed by atoms with Crippen LogP contribution in [0, 0.1) is 19.8 Å². The van der Waals surface area contributed by atoms with Gasteiger partial charge >= 0.3 is 12.2 Å². The van der Waals surface area contributed by atoms with Gasteiger partial charge in [-0.05, 0) is 55.3 Å². The molecule has 150 valence electrons. The van der Waals surface area contributed by atoms with E-state index in [-0.39, 0.29) is 5.69 Å². The van der Waals surface area contributed by atoms with E-state index in [9.17, 15) is 27.6 Å². The Balaban J connectivity index is 1.92. The number of alkyl halides is 3. The summed E-state index contributed by atoms with van der Waals surface area (Å²) >= 11 is 0. The van der Waals surface area contributed by atoms with Crippen LogP contribution in [0.5, 0.6) is 0 Å². The second-order valence-electron chi connectivity index (χ2n) is 6.54. The molecule has 1 aliphatic rings. The normalized spacial score (nSPS) is 17.8. The van der Waals surface area contributed by atoms with E-state index in [0.717, 1.165) is 29.5 Å². The number of aryl methyl sites for hydroxylation is 2. The number of nitrogens with one attached hydrogen (secondary N) is 1. The summed E-state index contributed by atoms with van der Waals surface area (Å²) < 4.78 is 38.9. The highest BCUT2D eigenvalue weighted by molar-refractivity contribution is 6.32. The molecule has 2 aromatic carbocycles. The van der Waals surface area contributed by atoms with Crippen molar-refractivity contribution in [3.8, 4) is 0 Å². The number of hydrogen-bond donors (Lipinski definition) is 1. The zero-order chi connectivity index (χ0) is 21.3. The number of nitrogens with zero attached hydrogens (tertiary/aromatic N) is 2. The van der Waals surface area contributed by atoms with Crippen LogP contribution in [0.4, 0.5) is 29.3 Å². The van der Waals surface area contributed by atoms with Gasteiger partial charge in [0.1, 0.15) is 0 Å². The molecule has 1 fully saturated rings. The number of amides is 4. The maximum atomic E-state index is 13.0. The van der Waals surface area contributed by atoms with Crippen molar-refractivity contribution in [3.05, 3.63) is 59.2 Å². The van der Waals surface area contributed by atoms with Crippen molar-refractivity contribution in [2.75, 3.05) is 4.90 Å². The molecule has 0 aromatic heterocycles. The highest BCUT2D eigenvalue weighted by atomic mass is 19.4.